The first kappa shape index (κ1) is 52.9. The Hall–Kier alpha value is -3.11. The largest absolute Gasteiger partial charge is 0.472 e. The van der Waals surface area contributed by atoms with E-state index < -0.39 is 32.5 Å². The number of carbonyl (C=O) groups is 2. The minimum absolute atomic E-state index is 0.0324. The van der Waals surface area contributed by atoms with E-state index >= 15 is 0 Å². The molecule has 11 heteroatoms. The average Bonchev–Trinajstić information content (AvgIpc) is 3.97. The van der Waals surface area contributed by atoms with Crippen molar-refractivity contribution in [1.29, 1.82) is 0 Å². The van der Waals surface area contributed by atoms with Gasteiger partial charge in [0.1, 0.15) is 6.61 Å². The molecule has 58 heavy (non-hydrogen) atoms. The molecule has 0 radical (unpaired) electrons. The van der Waals surface area contributed by atoms with Crippen LogP contribution in [0.2, 0.25) is 0 Å². The highest BCUT2D eigenvalue weighted by atomic mass is 31.2. The molecular weight excluding hydrogens is 753 g/mol. The molecule has 3 N–H and O–H groups in total. The van der Waals surface area contributed by atoms with Crippen LogP contribution in [0, 0.1) is 0 Å². The predicted octanol–water partition coefficient (Wildman–Crippen LogP) is 11.6. The van der Waals surface area contributed by atoms with Crippen molar-refractivity contribution in [3.8, 4) is 0 Å². The van der Waals surface area contributed by atoms with E-state index in [1.54, 1.807) is 0 Å². The number of phosphoric acid groups is 1. The SMILES string of the molecule is CC/C=C\C/C=C\C/C=C\C/C=C\C/C=C\CCCCCC(=O)O[C@H](COC(=O)CCC/C=C\C/C=C\CC1OC1C/C=C\CCCCC)COP(=O)(O)OCCN. The second-order valence-electron chi connectivity index (χ2n) is 14.2. The van der Waals surface area contributed by atoms with Gasteiger partial charge >= 0.3 is 19.8 Å². The second kappa shape index (κ2) is 38.1. The van der Waals surface area contributed by atoms with Gasteiger partial charge in [-0.25, -0.2) is 4.57 Å². The lowest BCUT2D eigenvalue weighted by Gasteiger charge is -2.19. The van der Waals surface area contributed by atoms with Crippen molar-refractivity contribution < 1.29 is 42.3 Å². The summed E-state index contributed by atoms with van der Waals surface area (Å²) in [6, 6.07) is 0. The van der Waals surface area contributed by atoms with Crippen LogP contribution >= 0.6 is 7.82 Å². The fraction of sp³-hybridized carbons (Fsp3) is 0.617. The summed E-state index contributed by atoms with van der Waals surface area (Å²) in [5.41, 5.74) is 5.34. The zero-order chi connectivity index (χ0) is 42.2. The summed E-state index contributed by atoms with van der Waals surface area (Å²) >= 11 is 0. The van der Waals surface area contributed by atoms with Crippen LogP contribution in [0.1, 0.15) is 142 Å². The van der Waals surface area contributed by atoms with Gasteiger partial charge in [-0.15, -0.1) is 0 Å². The van der Waals surface area contributed by atoms with E-state index in [1.165, 1.54) is 19.3 Å². The zero-order valence-electron chi connectivity index (χ0n) is 35.7. The summed E-state index contributed by atoms with van der Waals surface area (Å²) < 4.78 is 38.5. The first-order chi connectivity index (χ1) is 28.3. The Morgan fingerprint density at radius 2 is 1.12 bits per heavy atom. The second-order valence-corrected chi connectivity index (χ2v) is 15.7. The Morgan fingerprint density at radius 3 is 1.71 bits per heavy atom. The third-order valence-corrected chi connectivity index (χ3v) is 9.84. The minimum Gasteiger partial charge on any atom is -0.462 e. The van der Waals surface area contributed by atoms with Gasteiger partial charge in [0.2, 0.25) is 0 Å². The molecule has 0 aromatic rings. The van der Waals surface area contributed by atoms with Crippen molar-refractivity contribution in [2.24, 2.45) is 5.73 Å². The van der Waals surface area contributed by atoms with Gasteiger partial charge < -0.3 is 24.8 Å². The van der Waals surface area contributed by atoms with Crippen LogP contribution in [0.5, 0.6) is 0 Å². The monoisotopic (exact) mass is 830 g/mol. The molecule has 1 saturated heterocycles. The van der Waals surface area contributed by atoms with Gasteiger partial charge in [0.25, 0.3) is 0 Å². The van der Waals surface area contributed by atoms with Gasteiger partial charge in [0.15, 0.2) is 6.10 Å². The molecule has 4 atom stereocenters. The first-order valence-corrected chi connectivity index (χ1v) is 23.3. The van der Waals surface area contributed by atoms with Gasteiger partial charge in [-0.1, -0.05) is 130 Å². The van der Waals surface area contributed by atoms with E-state index in [9.17, 15) is 19.0 Å². The number of hydrogen-bond donors (Lipinski definition) is 2. The van der Waals surface area contributed by atoms with Gasteiger partial charge in [-0.3, -0.25) is 18.6 Å². The summed E-state index contributed by atoms with van der Waals surface area (Å²) in [6.07, 6.45) is 51.9. The highest BCUT2D eigenvalue weighted by Crippen LogP contribution is 2.43. The maximum Gasteiger partial charge on any atom is 0.472 e. The normalized spacial score (nSPS) is 17.7. The van der Waals surface area contributed by atoms with E-state index in [0.29, 0.717) is 25.0 Å². The van der Waals surface area contributed by atoms with Gasteiger partial charge in [-0.2, -0.15) is 0 Å². The lowest BCUT2D eigenvalue weighted by Crippen LogP contribution is -2.29. The van der Waals surface area contributed by atoms with Crippen LogP contribution in [0.4, 0.5) is 0 Å². The standard InChI is InChI=1S/C47H76NO9P/c1-3-5-7-9-11-12-13-14-15-16-17-18-19-20-21-22-25-30-34-38-47(50)56-43(42-55-58(51,52)54-40-39-48)41-53-46(49)37-33-29-26-23-24-28-32-36-45-44(57-45)35-31-27-10-8-6-4-2/h5,7,11-12,14-15,17-18,20-21,23,26-28,31-32,43-45H,3-4,6,8-10,13,16,19,22,24-25,29-30,33-42,48H2,1-2H3,(H,51,52)/b7-5-,12-11-,15-14-,18-17-,21-20-,26-23-,31-27-,32-28-/t43-,44?,45?/m1/s1. The van der Waals surface area contributed by atoms with Crippen molar-refractivity contribution in [1.82, 2.24) is 0 Å². The van der Waals surface area contributed by atoms with Crippen LogP contribution in [0.15, 0.2) is 97.2 Å². The lowest BCUT2D eigenvalue weighted by molar-refractivity contribution is -0.161. The number of rotatable bonds is 38. The van der Waals surface area contributed by atoms with E-state index in [0.717, 1.165) is 83.5 Å². The Bertz CT molecular complexity index is 1330. The number of carbonyl (C=O) groups excluding carboxylic acids is 2. The number of epoxide rings is 1. The fourth-order valence-electron chi connectivity index (χ4n) is 5.52. The summed E-state index contributed by atoms with van der Waals surface area (Å²) in [5, 5.41) is 0. The van der Waals surface area contributed by atoms with Crippen LogP contribution in [0.25, 0.3) is 0 Å². The minimum atomic E-state index is -4.41. The van der Waals surface area contributed by atoms with Crippen LogP contribution in [0.3, 0.4) is 0 Å². The van der Waals surface area contributed by atoms with E-state index in [1.807, 2.05) is 6.08 Å². The van der Waals surface area contributed by atoms with Gasteiger partial charge in [0, 0.05) is 19.4 Å². The molecule has 0 spiro atoms. The Kier molecular flexibility index (Phi) is 34.8. The molecule has 0 saturated carbocycles. The number of nitrogens with two attached hydrogens (primary N) is 1. The molecule has 1 rings (SSSR count). The van der Waals surface area contributed by atoms with Crippen molar-refractivity contribution in [2.75, 3.05) is 26.4 Å². The quantitative estimate of drug-likeness (QED) is 0.0203. The first-order valence-electron chi connectivity index (χ1n) is 21.8. The maximum atomic E-state index is 12.6. The molecule has 0 bridgehead atoms. The molecule has 10 nitrogen and oxygen atoms in total. The molecule has 0 aliphatic carbocycles. The van der Waals surface area contributed by atoms with E-state index in [4.69, 9.17) is 29.0 Å². The number of phosphoric ester groups is 1. The third-order valence-electron chi connectivity index (χ3n) is 8.86. The Balaban J connectivity index is 2.26. The number of esters is 2. The number of unbranched alkanes of at least 4 members (excludes halogenated alkanes) is 7. The lowest BCUT2D eigenvalue weighted by atomic mass is 10.1. The van der Waals surface area contributed by atoms with Crippen molar-refractivity contribution >= 4 is 19.8 Å². The molecule has 3 unspecified atom stereocenters. The van der Waals surface area contributed by atoms with E-state index in [2.05, 4.69) is 105 Å². The molecule has 1 aliphatic heterocycles. The third kappa shape index (κ3) is 34.9. The average molecular weight is 830 g/mol. The highest BCUT2D eigenvalue weighted by molar-refractivity contribution is 7.47. The van der Waals surface area contributed by atoms with Crippen molar-refractivity contribution in [3.63, 3.8) is 0 Å². The highest BCUT2D eigenvalue weighted by Gasteiger charge is 2.36. The van der Waals surface area contributed by atoms with Crippen LogP contribution < -0.4 is 5.73 Å². The summed E-state index contributed by atoms with van der Waals surface area (Å²) in [6.45, 7) is 3.45. The summed E-state index contributed by atoms with van der Waals surface area (Å²) in [7, 11) is -4.41. The molecule has 1 fully saturated rings. The van der Waals surface area contributed by atoms with Gasteiger partial charge in [-0.05, 0) is 96.3 Å². The number of hydrogen-bond acceptors (Lipinski definition) is 9. The molecule has 0 amide bonds. The molecule has 1 aliphatic rings. The fourth-order valence-corrected chi connectivity index (χ4v) is 6.28. The van der Waals surface area contributed by atoms with Crippen LogP contribution in [-0.2, 0) is 37.4 Å². The van der Waals surface area contributed by atoms with Crippen molar-refractivity contribution in [3.05, 3.63) is 97.2 Å². The predicted molar refractivity (Wildman–Crippen MR) is 237 cm³/mol. The van der Waals surface area contributed by atoms with E-state index in [-0.39, 0.29) is 32.6 Å². The smallest absolute Gasteiger partial charge is 0.462 e. The summed E-state index contributed by atoms with van der Waals surface area (Å²) in [5.74, 6) is -0.949. The Morgan fingerprint density at radius 1 is 0.621 bits per heavy atom. The molecule has 328 valence electrons. The maximum absolute atomic E-state index is 12.6. The van der Waals surface area contributed by atoms with Crippen molar-refractivity contribution in [2.45, 2.75) is 161 Å². The molecule has 1 heterocycles. The molecular formula is C47H76NO9P. The summed E-state index contributed by atoms with van der Waals surface area (Å²) in [4.78, 5) is 34.9. The number of allylic oxidation sites excluding steroid dienone is 14. The Labute approximate surface area is 351 Å². The molecule has 0 aromatic carbocycles. The topological polar surface area (TPSA) is 147 Å². The van der Waals surface area contributed by atoms with Crippen LogP contribution in [-0.4, -0.2) is 61.5 Å². The molecule has 0 aromatic heterocycles. The zero-order valence-corrected chi connectivity index (χ0v) is 36.6. The number of ether oxygens (including phenoxy) is 3. The van der Waals surface area contributed by atoms with Gasteiger partial charge in [0.05, 0.1) is 25.4 Å².